The van der Waals surface area contributed by atoms with Gasteiger partial charge in [0.1, 0.15) is 5.82 Å². The van der Waals surface area contributed by atoms with Gasteiger partial charge in [-0.3, -0.25) is 4.90 Å². The average molecular weight is 309 g/mol. The lowest BCUT2D eigenvalue weighted by Gasteiger charge is -2.35. The van der Waals surface area contributed by atoms with Crippen molar-refractivity contribution in [2.45, 2.75) is 25.8 Å². The van der Waals surface area contributed by atoms with Gasteiger partial charge in [0.25, 0.3) is 0 Å². The molecular weight excluding hydrogens is 289 g/mol. The van der Waals surface area contributed by atoms with Gasteiger partial charge in [-0.15, -0.1) is 12.4 Å². The molecule has 0 aliphatic carbocycles. The summed E-state index contributed by atoms with van der Waals surface area (Å²) in [6.45, 7) is 4.67. The summed E-state index contributed by atoms with van der Waals surface area (Å²) in [4.78, 5) is 2.01. The van der Waals surface area contributed by atoms with Crippen LogP contribution < -0.4 is 5.32 Å². The summed E-state index contributed by atoms with van der Waals surface area (Å²) in [7, 11) is 0. The van der Waals surface area contributed by atoms with E-state index < -0.39 is 12.5 Å². The summed E-state index contributed by atoms with van der Waals surface area (Å²) < 4.78 is 39.2. The number of alkyl halides is 2. The van der Waals surface area contributed by atoms with Crippen molar-refractivity contribution in [3.8, 4) is 0 Å². The Morgan fingerprint density at radius 3 is 2.45 bits per heavy atom. The van der Waals surface area contributed by atoms with Gasteiger partial charge in [0.05, 0.1) is 0 Å². The van der Waals surface area contributed by atoms with Gasteiger partial charge in [-0.1, -0.05) is 12.1 Å². The Morgan fingerprint density at radius 2 is 1.90 bits per heavy atom. The van der Waals surface area contributed by atoms with Gasteiger partial charge in [-0.05, 0) is 24.1 Å². The molecule has 0 unspecified atom stereocenters. The summed E-state index contributed by atoms with van der Waals surface area (Å²) in [6.07, 6.45) is -2.63. The number of piperazine rings is 1. The third kappa shape index (κ3) is 4.36. The normalized spacial score (nSPS) is 17.9. The fraction of sp³-hybridized carbons (Fsp3) is 0.571. The van der Waals surface area contributed by atoms with Crippen molar-refractivity contribution in [1.82, 2.24) is 10.2 Å². The smallest absolute Gasteiger partial charge is 0.240 e. The largest absolute Gasteiger partial charge is 0.314 e. The summed E-state index contributed by atoms with van der Waals surface area (Å²) in [6, 6.07) is 4.40. The van der Waals surface area contributed by atoms with Crippen LogP contribution in [0.1, 0.15) is 23.6 Å². The fourth-order valence-electron chi connectivity index (χ4n) is 2.47. The maximum atomic E-state index is 13.6. The first-order chi connectivity index (χ1) is 9.08. The van der Waals surface area contributed by atoms with E-state index >= 15 is 0 Å². The number of aryl methyl sites for hydroxylation is 1. The van der Waals surface area contributed by atoms with Crippen LogP contribution in [0.15, 0.2) is 18.2 Å². The first kappa shape index (κ1) is 17.3. The second-order valence-electron chi connectivity index (χ2n) is 4.94. The maximum Gasteiger partial charge on any atom is 0.240 e. The molecule has 1 fully saturated rings. The monoisotopic (exact) mass is 308 g/mol. The van der Waals surface area contributed by atoms with Crippen LogP contribution in [0.4, 0.5) is 13.2 Å². The van der Waals surface area contributed by atoms with E-state index in [1.807, 2.05) is 4.90 Å². The van der Waals surface area contributed by atoms with E-state index in [2.05, 4.69) is 5.32 Å². The second-order valence-corrected chi connectivity index (χ2v) is 4.94. The van der Waals surface area contributed by atoms with Crippen LogP contribution in [0.25, 0.3) is 0 Å². The van der Waals surface area contributed by atoms with Gasteiger partial charge in [-0.25, -0.2) is 13.2 Å². The minimum atomic E-state index is -2.38. The van der Waals surface area contributed by atoms with Crippen LogP contribution in [0.5, 0.6) is 0 Å². The molecule has 20 heavy (non-hydrogen) atoms. The summed E-state index contributed by atoms with van der Waals surface area (Å²) >= 11 is 0. The Hall–Kier alpha value is -0.780. The van der Waals surface area contributed by atoms with E-state index in [0.717, 1.165) is 13.1 Å². The number of nitrogens with one attached hydrogen (secondary N) is 1. The number of hydrogen-bond donors (Lipinski definition) is 1. The van der Waals surface area contributed by atoms with Crippen LogP contribution in [-0.4, -0.2) is 37.5 Å². The average Bonchev–Trinajstić information content (AvgIpc) is 2.40. The maximum absolute atomic E-state index is 13.6. The van der Waals surface area contributed by atoms with Gasteiger partial charge < -0.3 is 5.32 Å². The van der Waals surface area contributed by atoms with Crippen LogP contribution in [0, 0.1) is 12.7 Å². The molecular formula is C14H20ClF3N2. The Bertz CT molecular complexity index is 423. The molecule has 0 saturated carbocycles. The Kier molecular flexibility index (Phi) is 6.79. The first-order valence-electron chi connectivity index (χ1n) is 6.57. The van der Waals surface area contributed by atoms with E-state index in [4.69, 9.17) is 0 Å². The molecule has 6 heteroatoms. The van der Waals surface area contributed by atoms with Gasteiger partial charge in [-0.2, -0.15) is 0 Å². The van der Waals surface area contributed by atoms with E-state index in [9.17, 15) is 13.2 Å². The van der Waals surface area contributed by atoms with Crippen molar-refractivity contribution in [3.05, 3.63) is 35.1 Å². The number of hydrogen-bond acceptors (Lipinski definition) is 2. The third-order valence-corrected chi connectivity index (χ3v) is 3.57. The van der Waals surface area contributed by atoms with Gasteiger partial charge in [0.15, 0.2) is 0 Å². The molecule has 1 aromatic carbocycles. The summed E-state index contributed by atoms with van der Waals surface area (Å²) in [5, 5.41) is 3.19. The molecule has 1 N–H and O–H groups in total. The molecule has 1 aromatic rings. The quantitative estimate of drug-likeness (QED) is 0.919. The van der Waals surface area contributed by atoms with E-state index in [1.165, 1.54) is 6.07 Å². The zero-order valence-corrected chi connectivity index (χ0v) is 12.2. The third-order valence-electron chi connectivity index (χ3n) is 3.57. The lowest BCUT2D eigenvalue weighted by Crippen LogP contribution is -2.45. The lowest BCUT2D eigenvalue weighted by atomic mass is 10.00. The molecule has 1 aliphatic rings. The summed E-state index contributed by atoms with van der Waals surface area (Å²) in [5.41, 5.74) is 1.19. The number of rotatable bonds is 4. The highest BCUT2D eigenvalue weighted by Gasteiger charge is 2.25. The molecule has 0 aromatic heterocycles. The van der Waals surface area contributed by atoms with Crippen molar-refractivity contribution in [2.75, 3.05) is 26.2 Å². The van der Waals surface area contributed by atoms with Crippen LogP contribution >= 0.6 is 12.4 Å². The highest BCUT2D eigenvalue weighted by atomic mass is 35.5. The van der Waals surface area contributed by atoms with Gasteiger partial charge >= 0.3 is 0 Å². The topological polar surface area (TPSA) is 15.3 Å². The minimum Gasteiger partial charge on any atom is -0.314 e. The van der Waals surface area contributed by atoms with Gasteiger partial charge in [0.2, 0.25) is 6.43 Å². The molecule has 0 amide bonds. The fourth-order valence-corrected chi connectivity index (χ4v) is 2.47. The molecule has 1 heterocycles. The first-order valence-corrected chi connectivity index (χ1v) is 6.57. The van der Waals surface area contributed by atoms with Crippen LogP contribution in [0.2, 0.25) is 0 Å². The standard InChI is InChI=1S/C14H19F3N2.ClH/c1-10-2-3-11(8-12(10)15)13(9-14(16)17)19-6-4-18-5-7-19;/h2-3,8,13-14,18H,4-7,9H2,1H3;1H/t13-;/m0./s1. The van der Waals surface area contributed by atoms with Gasteiger partial charge in [0, 0.05) is 38.6 Å². The molecule has 1 saturated heterocycles. The number of nitrogens with zero attached hydrogens (tertiary/aromatic N) is 1. The highest BCUT2D eigenvalue weighted by molar-refractivity contribution is 5.85. The van der Waals surface area contributed by atoms with Crippen LogP contribution in [0.3, 0.4) is 0 Å². The Balaban J connectivity index is 0.00000200. The van der Waals surface area contributed by atoms with Crippen molar-refractivity contribution in [2.24, 2.45) is 0 Å². The molecule has 1 aliphatic heterocycles. The highest BCUT2D eigenvalue weighted by Crippen LogP contribution is 2.28. The molecule has 0 radical (unpaired) electrons. The zero-order valence-electron chi connectivity index (χ0n) is 11.4. The molecule has 114 valence electrons. The predicted octanol–water partition coefficient (Wildman–Crippen LogP) is 3.16. The lowest BCUT2D eigenvalue weighted by molar-refractivity contribution is 0.0738. The Morgan fingerprint density at radius 1 is 1.25 bits per heavy atom. The SMILES string of the molecule is Cc1ccc([C@H](CC(F)F)N2CCNCC2)cc1F.Cl. The van der Waals surface area contributed by atoms with Crippen LogP contribution in [-0.2, 0) is 0 Å². The molecule has 0 spiro atoms. The summed E-state index contributed by atoms with van der Waals surface area (Å²) in [5.74, 6) is -0.327. The van der Waals surface area contributed by atoms with E-state index in [1.54, 1.807) is 19.1 Å². The van der Waals surface area contributed by atoms with Crippen molar-refractivity contribution < 1.29 is 13.2 Å². The molecule has 2 nitrogen and oxygen atoms in total. The Labute approximate surface area is 123 Å². The molecule has 2 rings (SSSR count). The van der Waals surface area contributed by atoms with Crippen molar-refractivity contribution in [1.29, 1.82) is 0 Å². The number of benzene rings is 1. The van der Waals surface area contributed by atoms with Crippen molar-refractivity contribution in [3.63, 3.8) is 0 Å². The zero-order chi connectivity index (χ0) is 13.8. The molecule has 1 atom stereocenters. The van der Waals surface area contributed by atoms with E-state index in [0.29, 0.717) is 24.2 Å². The molecule has 0 bridgehead atoms. The predicted molar refractivity (Wildman–Crippen MR) is 76.2 cm³/mol. The minimum absolute atomic E-state index is 0. The van der Waals surface area contributed by atoms with Crippen molar-refractivity contribution >= 4 is 12.4 Å². The second kappa shape index (κ2) is 7.86. The van der Waals surface area contributed by atoms with E-state index in [-0.39, 0.29) is 24.6 Å². The number of halogens is 4.